The number of aromatic nitrogens is 4. The molecule has 12 aromatic rings. The Morgan fingerprint density at radius 2 is 0.654 bits per heavy atom. The number of hydrogen-bond donors (Lipinski definition) is 1. The molecule has 0 radical (unpaired) electrons. The van der Waals surface area contributed by atoms with Crippen molar-refractivity contribution in [1.82, 2.24) is 39.5 Å². The van der Waals surface area contributed by atoms with E-state index < -0.39 is 5.97 Å². The third-order valence-electron chi connectivity index (χ3n) is 19.0. The largest absolute Gasteiger partial charge is 0.679 e. The summed E-state index contributed by atoms with van der Waals surface area (Å²) < 4.78 is 4.58. The quantitative estimate of drug-likeness (QED) is 0.0177. The second kappa shape index (κ2) is 72.0. The van der Waals surface area contributed by atoms with Crippen LogP contribution in [0.2, 0.25) is 0 Å². The number of likely N-dealkylation sites (N-methyl/N-ethyl adjacent to an activating group) is 1. The van der Waals surface area contributed by atoms with Crippen molar-refractivity contribution < 1.29 is 104 Å². The van der Waals surface area contributed by atoms with Crippen LogP contribution in [-0.2, 0) is 125 Å². The third-order valence-corrected chi connectivity index (χ3v) is 19.0. The second-order valence-corrected chi connectivity index (χ2v) is 27.8. The molecule has 34 heteroatoms. The number of carbonyl (C=O) groups excluding carboxylic acids is 3. The molecule has 9 N–H and O–H groups in total. The number of ether oxygens (including phenoxy) is 1. The Balaban J connectivity index is 0.000000769. The number of aliphatic carboxylic acids is 1. The number of ketones is 2. The topological polar surface area (TPSA) is 442 Å². The van der Waals surface area contributed by atoms with Gasteiger partial charge in [0.05, 0.1) is 49.9 Å². The molecule has 127 heavy (non-hydrogen) atoms. The molecule has 4 aromatic heterocycles. The van der Waals surface area contributed by atoms with E-state index in [2.05, 4.69) is 115 Å². The normalized spacial score (nSPS) is 10.0. The molecular formula is C93H114Cl4N20O6Pt4-9. The van der Waals surface area contributed by atoms with Crippen LogP contribution in [0.4, 0.5) is 0 Å². The van der Waals surface area contributed by atoms with Gasteiger partial charge in [-0.05, 0) is 169 Å². The number of para-hydroxylation sites is 8. The summed E-state index contributed by atoms with van der Waals surface area (Å²) >= 11 is 6.44. The van der Waals surface area contributed by atoms with E-state index >= 15 is 0 Å². The van der Waals surface area contributed by atoms with E-state index in [1.807, 2.05) is 140 Å². The van der Waals surface area contributed by atoms with E-state index in [4.69, 9.17) is 70.9 Å². The number of Topliss-reactive ketones (excluding diaryl/α,β-unsaturated/α-hetero) is 2. The maximum absolute atomic E-state index is 11.4. The van der Waals surface area contributed by atoms with Gasteiger partial charge in [0.2, 0.25) is 0 Å². The first-order valence-corrected chi connectivity index (χ1v) is 51.9. The molecular weight excluding hydrogens is 2420 g/mol. The van der Waals surface area contributed by atoms with Crippen LogP contribution < -0.4 is 0 Å². The van der Waals surface area contributed by atoms with E-state index in [-0.39, 0.29) is 74.8 Å². The van der Waals surface area contributed by atoms with Crippen LogP contribution in [0.5, 0.6) is 0 Å². The van der Waals surface area contributed by atoms with E-state index in [9.17, 15) is 40.8 Å². The standard InChI is InChI=1S/C22H24N3O2.C21H22N3O.C20H20N3O2.C19H20N3.C3H6N2O.2C3H8N2.C2H6N2.4ClH.4Pt/c1-2-21(23)25(15-13-22(26)27)14-7-10-16-17-8-3-5-11-19(17)24-20-12-6-4-9-18(16)20;1-15(25)14-24(16(2)22)13-7-10-17-18-8-3-5-11-20(18)23-21-12-6-4-9-19(17)21;1-23(20(21)13-25-14-24)12-6-9-15-16-7-2-4-10-18(16)22-19-11-5-3-8-17(15)19;1-14(20)22(2)13-7-10-15-16-8-3-5-11-18(16)21-19-12-6-4-9-17(15)19;4-1-3(6)2-5;2*4-2-1-3-5;3-1-2-4;;;;;;;;/h3-6,8-9,11-12H,2,7,10,13-15H2,1H3,(H,26,27);3-6,8-9,11-12H,7,10,13-14H2,1-2H3;2-5,7-8,10-11,14H,6,9,12-13H2,1H3;3-6,8-9,11-12H,7,10,13H2,1-2H3;4-5H,1-2H2;2*4-5H,1-3H2;3-4H,1-2H2;4*1H;;;;/q4*-1;4*-2;;;;;+1;3*+2/p-4. The van der Waals surface area contributed by atoms with E-state index in [1.165, 1.54) is 54.6 Å². The minimum absolute atomic E-state index is 0.0190. The summed E-state index contributed by atoms with van der Waals surface area (Å²) in [6.45, 7) is 11.9. The summed E-state index contributed by atoms with van der Waals surface area (Å²) in [5, 5.41) is 57.6. The molecule has 0 saturated carbocycles. The molecule has 0 saturated heterocycles. The maximum atomic E-state index is 11.4. The third kappa shape index (κ3) is 43.2. The molecule has 8 aromatic carbocycles. The van der Waals surface area contributed by atoms with Crippen molar-refractivity contribution in [2.75, 3.05) is 112 Å². The van der Waals surface area contributed by atoms with Crippen molar-refractivity contribution in [1.29, 1.82) is 0 Å². The Hall–Kier alpha value is -7.81. The minimum atomic E-state index is -0.852. The summed E-state index contributed by atoms with van der Waals surface area (Å²) in [6.07, 6.45) is 9.04. The molecule has 699 valence electrons. The number of carbonyl (C=O) groups is 4. The smallest absolute Gasteiger partial charge is 0.0913 e. The number of rotatable bonds is 32. The van der Waals surface area contributed by atoms with Crippen molar-refractivity contribution in [3.63, 3.8) is 0 Å². The molecule has 0 unspecified atom stereocenters. The summed E-state index contributed by atoms with van der Waals surface area (Å²) in [5.41, 5.74) is 64.4. The van der Waals surface area contributed by atoms with Crippen LogP contribution in [0.25, 0.3) is 155 Å². The van der Waals surface area contributed by atoms with Gasteiger partial charge in [-0.1, -0.05) is 229 Å². The predicted octanol–water partition coefficient (Wildman–Crippen LogP) is 23.8. The fourth-order valence-electron chi connectivity index (χ4n) is 12.9. The summed E-state index contributed by atoms with van der Waals surface area (Å²) in [5.74, 6) is -0.264. The molecule has 4 heterocycles. The zero-order valence-electron chi connectivity index (χ0n) is 72.3. The summed E-state index contributed by atoms with van der Waals surface area (Å²) in [7, 11) is 22.1. The molecule has 12 rings (SSSR count). The average Bonchev–Trinajstić information content (AvgIpc) is 0.797. The van der Waals surface area contributed by atoms with Gasteiger partial charge in [-0.15, -0.1) is 0 Å². The van der Waals surface area contributed by atoms with Crippen LogP contribution in [-0.4, -0.2) is 204 Å². The van der Waals surface area contributed by atoms with Gasteiger partial charge in [-0.3, -0.25) is 9.59 Å². The Kier molecular flexibility index (Phi) is 66.4. The Morgan fingerprint density at radius 1 is 0.394 bits per heavy atom. The van der Waals surface area contributed by atoms with E-state index in [1.54, 1.807) is 118 Å². The summed E-state index contributed by atoms with van der Waals surface area (Å²) in [6, 6.07) is 65.7. The van der Waals surface area contributed by atoms with Crippen molar-refractivity contribution >= 4 is 172 Å². The monoisotopic (exact) mass is 2530 g/mol. The van der Waals surface area contributed by atoms with Crippen LogP contribution in [0.3, 0.4) is 0 Å². The van der Waals surface area contributed by atoms with Crippen LogP contribution in [0.1, 0.15) is 101 Å². The minimum Gasteiger partial charge on any atom is -0.679 e. The van der Waals surface area contributed by atoms with Crippen LogP contribution in [0, 0.1) is 0 Å². The molecule has 0 atom stereocenters. The Bertz CT molecular complexity index is 5000. The fourth-order valence-corrected chi connectivity index (χ4v) is 12.9. The number of nitrogens with zero attached hydrogens (tertiary/aromatic N) is 12. The molecule has 0 fully saturated rings. The van der Waals surface area contributed by atoms with Crippen molar-refractivity contribution in [3.05, 3.63) is 284 Å². The van der Waals surface area contributed by atoms with Gasteiger partial charge in [0, 0.05) is 56.1 Å². The molecule has 0 bridgehead atoms. The Labute approximate surface area is 809 Å². The maximum Gasteiger partial charge on any atom is 0.0913 e. The number of fused-ring (bicyclic) bond motifs is 8. The first-order chi connectivity index (χ1) is 61.6. The molecule has 0 spiro atoms. The van der Waals surface area contributed by atoms with Crippen molar-refractivity contribution in [3.8, 4) is 0 Å². The SMILES string of the molecule is CC(=[N-])N(C)CCCc1c2ccccc2nc2ccccc12.CC(=[N-])N(CCCc1c2ccccc2nc2ccccc12)CC(C)=O.CCC(=[N-])N(CCCc1c2ccccc2nc2ccccc12)CCC(=O)O.CN(CCCc1c2ccccc2nc2ccccc12)C(=[N-])COC=O.[Cl][Pt+].[Cl][Pt+].[Cl][Pt+].[Cl][Pt].[NH-]CC(=O)C[NH-].[NH-]CCC[NH-].[NH-]CCC[NH-].[NH-]CC[NH-]. The Morgan fingerprint density at radius 3 is 0.858 bits per heavy atom. The predicted molar refractivity (Wildman–Crippen MR) is 520 cm³/mol. The zero-order valence-corrected chi connectivity index (χ0v) is 84.4. The number of hydrogen-bond acceptors (Lipinski definition) is 9. The number of amidine groups is 4. The molecule has 26 nitrogen and oxygen atoms in total. The van der Waals surface area contributed by atoms with Gasteiger partial charge >= 0.3 is 119 Å². The number of pyridine rings is 4. The number of nitrogens with one attached hydrogen (secondary N) is 8. The molecule has 0 aliphatic rings. The molecule has 0 aliphatic heterocycles. The van der Waals surface area contributed by atoms with Crippen molar-refractivity contribution in [2.45, 2.75) is 105 Å². The van der Waals surface area contributed by atoms with Gasteiger partial charge in [-0.25, -0.2) is 19.9 Å². The fraction of sp³-hybridized carbons (Fsp3) is 0.355. The number of carboxylic acids is 1. The van der Waals surface area contributed by atoms with Gasteiger partial charge in [0.1, 0.15) is 12.4 Å². The first kappa shape index (κ1) is 117. The zero-order chi connectivity index (χ0) is 94.9. The first-order valence-electron chi connectivity index (χ1n) is 40.6. The van der Waals surface area contributed by atoms with Gasteiger partial charge in [0.25, 0.3) is 6.47 Å². The average molecular weight is 2530 g/mol. The van der Waals surface area contributed by atoms with Crippen LogP contribution in [0.15, 0.2) is 194 Å². The molecule has 0 aliphatic carbocycles. The number of aryl methyl sites for hydroxylation is 4. The van der Waals surface area contributed by atoms with Gasteiger partial charge in [0.15, 0.2) is 0 Å². The van der Waals surface area contributed by atoms with Crippen LogP contribution >= 0.6 is 37.7 Å². The molecule has 0 amide bonds. The summed E-state index contributed by atoms with van der Waals surface area (Å²) in [4.78, 5) is 68.3. The van der Waals surface area contributed by atoms with Gasteiger partial charge < -0.3 is 107 Å². The second-order valence-electron chi connectivity index (χ2n) is 27.8. The van der Waals surface area contributed by atoms with E-state index in [0.29, 0.717) is 71.1 Å². The van der Waals surface area contributed by atoms with Gasteiger partial charge in [-0.2, -0.15) is 39.3 Å². The number of benzene rings is 8. The number of carboxylic acid groups (broad SMARTS) is 1. The number of halogens is 4. The van der Waals surface area contributed by atoms with E-state index in [0.717, 1.165) is 126 Å². The van der Waals surface area contributed by atoms with Crippen molar-refractivity contribution in [2.24, 2.45) is 0 Å².